The van der Waals surface area contributed by atoms with Gasteiger partial charge in [-0.25, -0.2) is 0 Å². The number of phenols is 2. The number of nitrogens with one attached hydrogen (secondary N) is 2. The van der Waals surface area contributed by atoms with Crippen molar-refractivity contribution in [1.29, 1.82) is 0 Å². The van der Waals surface area contributed by atoms with E-state index in [4.69, 9.17) is 24.7 Å². The molecule has 1 spiro atoms. The van der Waals surface area contributed by atoms with Gasteiger partial charge in [0.25, 0.3) is 0 Å². The number of hydrogen-bond donors (Lipinski definition) is 5. The fraction of sp³-hybridized carbons (Fsp3) is 0.413. The Kier molecular flexibility index (Phi) is 9.06. The average Bonchev–Trinajstić information content (AvgIpc) is 3.66. The number of carbonyl (C=O) groups excluding carboxylic acids is 1. The normalized spacial score (nSPS) is 26.5. The van der Waals surface area contributed by atoms with Crippen LogP contribution in [-0.4, -0.2) is 55.8 Å². The Labute approximate surface area is 327 Å². The molecule has 0 radical (unpaired) electrons. The molecule has 3 aromatic rings. The molecule has 10 nitrogen and oxygen atoms in total. The molecule has 6 N–H and O–H groups in total. The van der Waals surface area contributed by atoms with Gasteiger partial charge in [0.15, 0.2) is 11.5 Å². The molecule has 0 aromatic heterocycles. The molecule has 0 saturated heterocycles. The van der Waals surface area contributed by atoms with Crippen LogP contribution in [0.25, 0.3) is 17.2 Å². The molecule has 1 saturated carbocycles. The minimum Gasteiger partial charge on any atom is -0.508 e. The van der Waals surface area contributed by atoms with Crippen LogP contribution in [-0.2, 0) is 27.8 Å². The summed E-state index contributed by atoms with van der Waals surface area (Å²) in [6.07, 6.45) is 10.9. The van der Waals surface area contributed by atoms with Gasteiger partial charge in [-0.2, -0.15) is 0 Å². The van der Waals surface area contributed by atoms with E-state index in [1.165, 1.54) is 12.5 Å². The zero-order valence-corrected chi connectivity index (χ0v) is 32.4. The average molecular weight is 756 g/mol. The van der Waals surface area contributed by atoms with Crippen LogP contribution >= 0.6 is 0 Å². The minimum atomic E-state index is -0.602. The third kappa shape index (κ3) is 5.91. The summed E-state index contributed by atoms with van der Waals surface area (Å²) in [7, 11) is 3.52. The van der Waals surface area contributed by atoms with Gasteiger partial charge in [-0.15, -0.1) is 0 Å². The van der Waals surface area contributed by atoms with E-state index < -0.39 is 6.10 Å². The first-order valence-corrected chi connectivity index (χ1v) is 19.8. The molecule has 4 aliphatic heterocycles. The second-order valence-electron chi connectivity index (χ2n) is 16.2. The molecule has 4 heterocycles. The molecule has 10 heteroatoms. The fourth-order valence-electron chi connectivity index (χ4n) is 10.3. The Hall–Kier alpha value is -5.37. The van der Waals surface area contributed by atoms with Gasteiger partial charge in [0, 0.05) is 52.6 Å². The van der Waals surface area contributed by atoms with Crippen LogP contribution in [0, 0.1) is 17.8 Å². The molecule has 0 amide bonds. The highest BCUT2D eigenvalue weighted by atomic mass is 16.5. The highest BCUT2D eigenvalue weighted by molar-refractivity contribution is 5.84. The first-order chi connectivity index (χ1) is 27.1. The second-order valence-corrected chi connectivity index (χ2v) is 16.2. The maximum Gasteiger partial charge on any atom is 0.302 e. The van der Waals surface area contributed by atoms with Crippen molar-refractivity contribution < 1.29 is 34.0 Å². The maximum absolute atomic E-state index is 12.5. The van der Waals surface area contributed by atoms with Crippen molar-refractivity contribution >= 4 is 12.0 Å². The van der Waals surface area contributed by atoms with Crippen LogP contribution < -0.4 is 30.6 Å². The van der Waals surface area contributed by atoms with Gasteiger partial charge in [-0.1, -0.05) is 43.2 Å². The number of allylic oxidation sites excluding steroid dienone is 3. The van der Waals surface area contributed by atoms with E-state index in [1.807, 2.05) is 25.3 Å². The summed E-state index contributed by atoms with van der Waals surface area (Å²) in [5.41, 5.74) is 17.0. The Balaban J connectivity index is 1.32. The quantitative estimate of drug-likeness (QED) is 0.143. The van der Waals surface area contributed by atoms with Crippen molar-refractivity contribution in [3.8, 4) is 51.7 Å². The largest absolute Gasteiger partial charge is 0.508 e. The van der Waals surface area contributed by atoms with Crippen LogP contribution in [0.5, 0.6) is 28.7 Å². The molecule has 290 valence electrons. The number of likely N-dealkylation sites (N-methyl/N-ethyl adjacent to an activating group) is 1. The van der Waals surface area contributed by atoms with Crippen LogP contribution in [0.15, 0.2) is 59.3 Å². The van der Waals surface area contributed by atoms with E-state index in [-0.39, 0.29) is 47.6 Å². The van der Waals surface area contributed by atoms with Gasteiger partial charge in [0.05, 0.1) is 30.9 Å². The first kappa shape index (κ1) is 36.3. The van der Waals surface area contributed by atoms with Crippen molar-refractivity contribution in [2.45, 2.75) is 88.4 Å². The summed E-state index contributed by atoms with van der Waals surface area (Å²) in [5, 5.41) is 29.3. The molecule has 2 aliphatic carbocycles. The van der Waals surface area contributed by atoms with Gasteiger partial charge < -0.3 is 45.5 Å². The zero-order chi connectivity index (χ0) is 38.9. The van der Waals surface area contributed by atoms with Gasteiger partial charge in [0.1, 0.15) is 36.6 Å². The minimum absolute atomic E-state index is 0.0285. The number of rotatable bonds is 5. The number of nitrogens with two attached hydrogens (primary N) is 1. The van der Waals surface area contributed by atoms with Crippen molar-refractivity contribution in [2.75, 3.05) is 27.4 Å². The monoisotopic (exact) mass is 755 g/mol. The molecule has 6 atom stereocenters. The van der Waals surface area contributed by atoms with Gasteiger partial charge >= 0.3 is 5.97 Å². The van der Waals surface area contributed by atoms with Gasteiger partial charge in [-0.3, -0.25) is 4.79 Å². The summed E-state index contributed by atoms with van der Waals surface area (Å²) in [4.78, 5) is 12.5. The Bertz CT molecular complexity index is 2310. The Morgan fingerprint density at radius 2 is 2.04 bits per heavy atom. The summed E-state index contributed by atoms with van der Waals surface area (Å²) in [6.45, 7) is 3.99. The number of aromatic hydroxyl groups is 2. The molecule has 6 aliphatic rings. The predicted octanol–water partition coefficient (Wildman–Crippen LogP) is 6.57. The molecule has 1 fully saturated rings. The molecule has 6 unspecified atom stereocenters. The Morgan fingerprint density at radius 3 is 2.82 bits per heavy atom. The van der Waals surface area contributed by atoms with Crippen LogP contribution in [0.2, 0.25) is 0 Å². The molecular formula is C46H49N3O7. The molecule has 56 heavy (non-hydrogen) atoms. The van der Waals surface area contributed by atoms with Crippen molar-refractivity contribution in [1.82, 2.24) is 10.6 Å². The smallest absolute Gasteiger partial charge is 0.302 e. The number of phenolic OH excluding ortho intramolecular Hbond substituents is 2. The molecule has 9 rings (SSSR count). The highest BCUT2D eigenvalue weighted by Crippen LogP contribution is 2.63. The fourth-order valence-corrected chi connectivity index (χ4v) is 10.3. The van der Waals surface area contributed by atoms with Gasteiger partial charge in [0.2, 0.25) is 0 Å². The van der Waals surface area contributed by atoms with E-state index in [2.05, 4.69) is 47.6 Å². The van der Waals surface area contributed by atoms with E-state index in [0.717, 1.165) is 93.6 Å². The molecular weight excluding hydrogens is 707 g/mol. The zero-order valence-electron chi connectivity index (χ0n) is 32.4. The second kappa shape index (κ2) is 14.0. The van der Waals surface area contributed by atoms with Crippen molar-refractivity contribution in [3.05, 3.63) is 92.7 Å². The third-order valence-corrected chi connectivity index (χ3v) is 12.9. The van der Waals surface area contributed by atoms with E-state index in [9.17, 15) is 15.0 Å². The van der Waals surface area contributed by atoms with Crippen LogP contribution in [0.1, 0.15) is 91.4 Å². The number of carbonyl (C=O) groups is 1. The summed E-state index contributed by atoms with van der Waals surface area (Å²) < 4.78 is 25.5. The molecule has 4 bridgehead atoms. The number of esters is 1. The predicted molar refractivity (Wildman–Crippen MR) is 214 cm³/mol. The van der Waals surface area contributed by atoms with Gasteiger partial charge in [-0.05, 0) is 97.4 Å². The van der Waals surface area contributed by atoms with E-state index >= 15 is 0 Å². The highest BCUT2D eigenvalue weighted by Gasteiger charge is 2.51. The topological polar surface area (TPSA) is 145 Å². The van der Waals surface area contributed by atoms with E-state index in [1.54, 1.807) is 19.2 Å². The van der Waals surface area contributed by atoms with Crippen molar-refractivity contribution in [3.63, 3.8) is 0 Å². The number of dihydropyridines is 1. The number of hydrogen-bond acceptors (Lipinski definition) is 10. The lowest BCUT2D eigenvalue weighted by Gasteiger charge is -2.39. The van der Waals surface area contributed by atoms with Crippen molar-refractivity contribution in [2.24, 2.45) is 11.7 Å². The number of benzene rings is 3. The summed E-state index contributed by atoms with van der Waals surface area (Å²) >= 11 is 0. The first-order valence-electron chi connectivity index (χ1n) is 19.8. The lowest BCUT2D eigenvalue weighted by molar-refractivity contribution is -0.141. The Morgan fingerprint density at radius 1 is 1.18 bits per heavy atom. The number of methoxy groups -OCH3 is 1. The summed E-state index contributed by atoms with van der Waals surface area (Å²) in [5.74, 6) is 8.55. The number of fused-ring (bicyclic) bond motifs is 8. The lowest BCUT2D eigenvalue weighted by Crippen LogP contribution is -2.41. The standard InChI is InChI=1S/C46H49N3O7/c1-5-26-16-28-15-25-13-14-46(20-25)21-29-17-31(51)19-38(53-4)39(29)33-12-11-32-35(23-54-24(2)50)43(56-44(32)41(33)46)40-27(7-6-8-36(28)49-45(26)47)18-37(52)42-34(40)10-9-30(48-3)22-55-42/h9-12,16-19,25,30,35,43,45,48-49,51-52H,5,7,13-15,20-23,47H2,1-4H3. The maximum atomic E-state index is 12.5. The van der Waals surface area contributed by atoms with Crippen LogP contribution in [0.4, 0.5) is 0 Å². The SMILES string of the molecule is CCC1=CC2=C(C#CCc3cc(O)c4c(c3C3Oc5c(ccc6c5C5(CCC(C2)C5)Cc2cc(O)cc(OC)c2-6)C3COC(C)=O)C=CC(NC)CO4)NC1N. The van der Waals surface area contributed by atoms with Crippen LogP contribution in [0.3, 0.4) is 0 Å². The lowest BCUT2D eigenvalue weighted by atomic mass is 9.65. The van der Waals surface area contributed by atoms with E-state index in [0.29, 0.717) is 36.9 Å². The summed E-state index contributed by atoms with van der Waals surface area (Å²) in [6, 6.07) is 9.52. The number of ether oxygens (including phenoxy) is 4. The third-order valence-electron chi connectivity index (χ3n) is 12.9. The molecule has 3 aromatic carbocycles.